The highest BCUT2D eigenvalue weighted by Gasteiger charge is 2.03. The van der Waals surface area contributed by atoms with Crippen LogP contribution in [0.15, 0.2) is 58.0 Å². The average Bonchev–Trinajstić information content (AvgIpc) is 2.54. The van der Waals surface area contributed by atoms with E-state index in [4.69, 9.17) is 0 Å². The first kappa shape index (κ1) is 16.6. The molecule has 0 N–H and O–H groups in total. The van der Waals surface area contributed by atoms with Gasteiger partial charge in [0.05, 0.1) is 5.69 Å². The van der Waals surface area contributed by atoms with E-state index < -0.39 is 0 Å². The third-order valence-corrected chi connectivity index (χ3v) is 3.97. The number of rotatable bonds is 7. The van der Waals surface area contributed by atoms with Gasteiger partial charge in [0.25, 0.3) is 0 Å². The molecule has 0 aliphatic carbocycles. The number of aryl methyl sites for hydroxylation is 1. The molecule has 0 aliphatic rings. The minimum absolute atomic E-state index is 0.0795. The molecule has 0 aromatic heterocycles. The van der Waals surface area contributed by atoms with Gasteiger partial charge in [0.2, 0.25) is 0 Å². The fraction of sp³-hybridized carbons (Fsp3) is 0.263. The monoisotopic (exact) mass is 357 g/mol. The lowest BCUT2D eigenvalue weighted by molar-refractivity contribution is 0.100. The Bertz CT molecular complexity index is 629. The van der Waals surface area contributed by atoms with Gasteiger partial charge in [-0.15, -0.1) is 0 Å². The van der Waals surface area contributed by atoms with Crippen molar-refractivity contribution in [1.82, 2.24) is 0 Å². The van der Waals surface area contributed by atoms with Gasteiger partial charge >= 0.3 is 0 Å². The molecule has 0 atom stereocenters. The van der Waals surface area contributed by atoms with E-state index in [9.17, 15) is 4.79 Å². The van der Waals surface area contributed by atoms with Crippen molar-refractivity contribution in [2.75, 3.05) is 0 Å². The van der Waals surface area contributed by atoms with Crippen LogP contribution in [0.5, 0.6) is 0 Å². The Kier molecular flexibility index (Phi) is 6.53. The van der Waals surface area contributed by atoms with Crippen molar-refractivity contribution in [3.63, 3.8) is 0 Å². The van der Waals surface area contributed by atoms with E-state index in [2.05, 4.69) is 40.0 Å². The summed E-state index contributed by atoms with van der Waals surface area (Å²) >= 11 is 3.36. The van der Waals surface area contributed by atoms with Crippen LogP contribution in [0, 0.1) is 0 Å². The van der Waals surface area contributed by atoms with Crippen LogP contribution in [0.4, 0.5) is 5.69 Å². The molecular weight excluding hydrogens is 338 g/mol. The van der Waals surface area contributed by atoms with E-state index in [1.165, 1.54) is 18.4 Å². The zero-order chi connectivity index (χ0) is 15.8. The van der Waals surface area contributed by atoms with Gasteiger partial charge in [-0.1, -0.05) is 53.5 Å². The van der Waals surface area contributed by atoms with Crippen molar-refractivity contribution in [3.05, 3.63) is 64.1 Å². The largest absolute Gasteiger partial charge is 0.294 e. The summed E-state index contributed by atoms with van der Waals surface area (Å²) in [5.74, 6) is 0.0795. The van der Waals surface area contributed by atoms with Crippen molar-refractivity contribution in [2.45, 2.75) is 32.6 Å². The number of nitrogens with zero attached hydrogens (tertiary/aromatic N) is 1. The summed E-state index contributed by atoms with van der Waals surface area (Å²) in [5.41, 5.74) is 2.94. The average molecular weight is 358 g/mol. The highest BCUT2D eigenvalue weighted by atomic mass is 79.9. The number of carbonyl (C=O) groups is 1. The maximum absolute atomic E-state index is 12.0. The molecule has 2 rings (SSSR count). The van der Waals surface area contributed by atoms with Crippen LogP contribution in [-0.4, -0.2) is 12.0 Å². The Balaban J connectivity index is 1.89. The molecule has 0 fully saturated rings. The Labute approximate surface area is 140 Å². The first-order valence-corrected chi connectivity index (χ1v) is 8.38. The van der Waals surface area contributed by atoms with Crippen LogP contribution < -0.4 is 0 Å². The number of hydrogen-bond donors (Lipinski definition) is 0. The van der Waals surface area contributed by atoms with E-state index >= 15 is 0 Å². The van der Waals surface area contributed by atoms with Crippen LogP contribution >= 0.6 is 15.9 Å². The molecule has 0 unspecified atom stereocenters. The van der Waals surface area contributed by atoms with Crippen molar-refractivity contribution >= 4 is 33.6 Å². The van der Waals surface area contributed by atoms with Crippen molar-refractivity contribution < 1.29 is 4.79 Å². The van der Waals surface area contributed by atoms with Crippen LogP contribution in [0.3, 0.4) is 0 Å². The van der Waals surface area contributed by atoms with E-state index in [0.29, 0.717) is 12.0 Å². The van der Waals surface area contributed by atoms with Gasteiger partial charge in [0.15, 0.2) is 5.78 Å². The second-order valence-corrected chi connectivity index (χ2v) is 6.13. The number of halogens is 1. The Morgan fingerprint density at radius 1 is 1.09 bits per heavy atom. The summed E-state index contributed by atoms with van der Waals surface area (Å²) < 4.78 is 0.973. The molecule has 0 saturated heterocycles. The van der Waals surface area contributed by atoms with Crippen molar-refractivity contribution in [1.29, 1.82) is 0 Å². The van der Waals surface area contributed by atoms with Crippen molar-refractivity contribution in [2.24, 2.45) is 4.99 Å². The lowest BCUT2D eigenvalue weighted by Gasteiger charge is -2.00. The molecular formula is C19H20BrNO. The van der Waals surface area contributed by atoms with Gasteiger partial charge in [0, 0.05) is 22.7 Å². The maximum atomic E-state index is 12.0. The second kappa shape index (κ2) is 8.64. The first-order chi connectivity index (χ1) is 10.7. The van der Waals surface area contributed by atoms with Crippen LogP contribution in [0.2, 0.25) is 0 Å². The number of aliphatic imine (C=N–C) groups is 1. The summed E-state index contributed by atoms with van der Waals surface area (Å²) in [6.45, 7) is 2.20. The normalized spacial score (nSPS) is 11.0. The highest BCUT2D eigenvalue weighted by Crippen LogP contribution is 2.15. The number of benzene rings is 2. The second-order valence-electron chi connectivity index (χ2n) is 5.22. The molecule has 114 valence electrons. The zero-order valence-corrected chi connectivity index (χ0v) is 14.3. The molecule has 0 radical (unpaired) electrons. The molecule has 0 spiro atoms. The Morgan fingerprint density at radius 3 is 2.41 bits per heavy atom. The van der Waals surface area contributed by atoms with Crippen LogP contribution in [0.25, 0.3) is 0 Å². The lowest BCUT2D eigenvalue weighted by Crippen LogP contribution is -1.98. The summed E-state index contributed by atoms with van der Waals surface area (Å²) in [6, 6.07) is 15.6. The van der Waals surface area contributed by atoms with Crippen molar-refractivity contribution in [3.8, 4) is 0 Å². The summed E-state index contributed by atoms with van der Waals surface area (Å²) in [4.78, 5) is 16.4. The molecule has 0 heterocycles. The maximum Gasteiger partial charge on any atom is 0.168 e. The van der Waals surface area contributed by atoms with E-state index in [0.717, 1.165) is 16.6 Å². The number of Topliss-reactive ketones (excluding diaryl/α,β-unsaturated/α-hetero) is 1. The van der Waals surface area contributed by atoms with E-state index in [1.807, 2.05) is 36.4 Å². The Morgan fingerprint density at radius 2 is 1.77 bits per heavy atom. The SMILES string of the molecule is CCCCc1ccc(N=CCC(=O)c2ccc(Br)cc2)cc1. The molecule has 2 aromatic rings. The van der Waals surface area contributed by atoms with E-state index in [-0.39, 0.29) is 5.78 Å². The molecule has 0 saturated carbocycles. The number of unbranched alkanes of at least 4 members (excludes halogenated alkanes) is 1. The molecule has 0 amide bonds. The molecule has 2 nitrogen and oxygen atoms in total. The molecule has 22 heavy (non-hydrogen) atoms. The van der Waals surface area contributed by atoms with E-state index in [1.54, 1.807) is 6.21 Å². The Hall–Kier alpha value is -1.74. The summed E-state index contributed by atoms with van der Waals surface area (Å²) in [6.07, 6.45) is 5.54. The third kappa shape index (κ3) is 5.23. The molecule has 2 aromatic carbocycles. The predicted molar refractivity (Wildman–Crippen MR) is 96.3 cm³/mol. The minimum atomic E-state index is 0.0795. The standard InChI is InChI=1S/C19H20BrNO/c1-2-3-4-15-5-11-18(12-6-15)21-14-13-19(22)16-7-9-17(20)10-8-16/h5-12,14H,2-4,13H2,1H3. The van der Waals surface area contributed by atoms with Gasteiger partial charge < -0.3 is 0 Å². The molecule has 0 bridgehead atoms. The predicted octanol–water partition coefficient (Wildman–Crippen LogP) is 5.77. The smallest absolute Gasteiger partial charge is 0.168 e. The van der Waals surface area contributed by atoms with Crippen LogP contribution in [0.1, 0.15) is 42.1 Å². The summed E-state index contributed by atoms with van der Waals surface area (Å²) in [7, 11) is 0. The van der Waals surface area contributed by atoms with Gasteiger partial charge in [-0.25, -0.2) is 0 Å². The first-order valence-electron chi connectivity index (χ1n) is 7.59. The van der Waals surface area contributed by atoms with Gasteiger partial charge in [-0.05, 0) is 42.7 Å². The number of carbonyl (C=O) groups excluding carboxylic acids is 1. The lowest BCUT2D eigenvalue weighted by atomic mass is 10.1. The highest BCUT2D eigenvalue weighted by molar-refractivity contribution is 9.10. The number of hydrogen-bond acceptors (Lipinski definition) is 2. The summed E-state index contributed by atoms with van der Waals surface area (Å²) in [5, 5.41) is 0. The molecule has 3 heteroatoms. The fourth-order valence-electron chi connectivity index (χ4n) is 2.12. The quantitative estimate of drug-likeness (QED) is 0.457. The number of ketones is 1. The molecule has 0 aliphatic heterocycles. The van der Waals surface area contributed by atoms with Gasteiger partial charge in [-0.3, -0.25) is 9.79 Å². The van der Waals surface area contributed by atoms with Crippen LogP contribution in [-0.2, 0) is 6.42 Å². The third-order valence-electron chi connectivity index (χ3n) is 3.44. The minimum Gasteiger partial charge on any atom is -0.294 e. The van der Waals surface area contributed by atoms with Gasteiger partial charge in [0.1, 0.15) is 0 Å². The topological polar surface area (TPSA) is 29.4 Å². The van der Waals surface area contributed by atoms with Gasteiger partial charge in [-0.2, -0.15) is 0 Å². The zero-order valence-electron chi connectivity index (χ0n) is 12.8. The fourth-order valence-corrected chi connectivity index (χ4v) is 2.38.